The number of nitrogens with one attached hydrogen (secondary N) is 1. The monoisotopic (exact) mass is 309 g/mol. The third-order valence-corrected chi connectivity index (χ3v) is 4.02. The number of hydrogen-bond donors (Lipinski definition) is 2. The highest BCUT2D eigenvalue weighted by atomic mass is 16.3. The molecule has 0 fully saturated rings. The molecule has 3 rings (SSSR count). The number of aliphatic hydroxyl groups excluding tert-OH is 1. The highest BCUT2D eigenvalue weighted by molar-refractivity contribution is 5.92. The summed E-state index contributed by atoms with van der Waals surface area (Å²) in [6.45, 7) is 1.54. The molecule has 1 heterocycles. The number of carbonyl (C=O) groups is 1. The van der Waals surface area contributed by atoms with Gasteiger partial charge in [0.1, 0.15) is 0 Å². The molecule has 0 spiro atoms. The van der Waals surface area contributed by atoms with Crippen molar-refractivity contribution in [1.82, 2.24) is 15.1 Å². The SMILES string of the molecule is CNC(CO)c1cccc(-c2ccc3cnn(C(C)=O)c3c2)c1. The number of carbonyl (C=O) groups excluding carboxylic acids is 1. The Kier molecular flexibility index (Phi) is 4.23. The molecular weight excluding hydrogens is 290 g/mol. The van der Waals surface area contributed by atoms with Crippen LogP contribution in [0.25, 0.3) is 22.0 Å². The summed E-state index contributed by atoms with van der Waals surface area (Å²) in [5.74, 6) is -0.110. The summed E-state index contributed by atoms with van der Waals surface area (Å²) in [5, 5.41) is 17.6. The average Bonchev–Trinajstić information content (AvgIpc) is 2.99. The molecule has 0 aliphatic rings. The van der Waals surface area contributed by atoms with Gasteiger partial charge in [-0.3, -0.25) is 4.79 Å². The number of hydrogen-bond acceptors (Lipinski definition) is 4. The quantitative estimate of drug-likeness (QED) is 0.777. The fraction of sp³-hybridized carbons (Fsp3) is 0.222. The van der Waals surface area contributed by atoms with Crippen molar-refractivity contribution in [3.8, 4) is 11.1 Å². The lowest BCUT2D eigenvalue weighted by Crippen LogP contribution is -2.19. The van der Waals surface area contributed by atoms with Gasteiger partial charge in [-0.15, -0.1) is 0 Å². The summed E-state index contributed by atoms with van der Waals surface area (Å²) in [4.78, 5) is 11.7. The van der Waals surface area contributed by atoms with Crippen molar-refractivity contribution in [3.63, 3.8) is 0 Å². The predicted octanol–water partition coefficient (Wildman–Crippen LogP) is 2.62. The maximum atomic E-state index is 11.7. The molecule has 0 aliphatic heterocycles. The average molecular weight is 309 g/mol. The van der Waals surface area contributed by atoms with E-state index in [1.807, 2.05) is 49.5 Å². The first-order valence-electron chi connectivity index (χ1n) is 7.51. The predicted molar refractivity (Wildman–Crippen MR) is 90.4 cm³/mol. The largest absolute Gasteiger partial charge is 0.394 e. The summed E-state index contributed by atoms with van der Waals surface area (Å²) >= 11 is 0. The number of nitrogens with zero attached hydrogens (tertiary/aromatic N) is 2. The van der Waals surface area contributed by atoms with Crippen molar-refractivity contribution in [2.75, 3.05) is 13.7 Å². The minimum atomic E-state index is -0.110. The lowest BCUT2D eigenvalue weighted by Gasteiger charge is -2.14. The van der Waals surface area contributed by atoms with Crippen LogP contribution in [0.1, 0.15) is 23.3 Å². The first-order chi connectivity index (χ1) is 11.1. The number of aromatic nitrogens is 2. The van der Waals surface area contributed by atoms with Crippen molar-refractivity contribution in [2.24, 2.45) is 0 Å². The zero-order valence-corrected chi connectivity index (χ0v) is 13.2. The lowest BCUT2D eigenvalue weighted by molar-refractivity contribution is 0.0927. The highest BCUT2D eigenvalue weighted by Gasteiger charge is 2.11. The third kappa shape index (κ3) is 2.88. The Labute approximate surface area is 134 Å². The van der Waals surface area contributed by atoms with Crippen molar-refractivity contribution in [3.05, 3.63) is 54.2 Å². The topological polar surface area (TPSA) is 67.2 Å². The first-order valence-corrected chi connectivity index (χ1v) is 7.51. The molecule has 1 aromatic heterocycles. The van der Waals surface area contributed by atoms with E-state index in [0.29, 0.717) is 0 Å². The molecule has 5 nitrogen and oxygen atoms in total. The molecule has 2 N–H and O–H groups in total. The summed E-state index contributed by atoms with van der Waals surface area (Å²) in [6.07, 6.45) is 1.69. The summed E-state index contributed by atoms with van der Waals surface area (Å²) < 4.78 is 1.41. The minimum Gasteiger partial charge on any atom is -0.394 e. The van der Waals surface area contributed by atoms with Crippen molar-refractivity contribution in [1.29, 1.82) is 0 Å². The van der Waals surface area contributed by atoms with Crippen LogP contribution in [0.15, 0.2) is 48.7 Å². The van der Waals surface area contributed by atoms with E-state index in [0.717, 1.165) is 27.6 Å². The Bertz CT molecular complexity index is 850. The number of fused-ring (bicyclic) bond motifs is 1. The maximum absolute atomic E-state index is 11.7. The molecule has 23 heavy (non-hydrogen) atoms. The van der Waals surface area contributed by atoms with E-state index in [-0.39, 0.29) is 18.6 Å². The standard InChI is InChI=1S/C18H19N3O2/c1-12(23)21-18-9-14(6-7-16(18)10-20-21)13-4-3-5-15(8-13)17(11-22)19-2/h3-10,17,19,22H,11H2,1-2H3. The lowest BCUT2D eigenvalue weighted by atomic mass is 9.99. The Morgan fingerprint density at radius 3 is 2.74 bits per heavy atom. The van der Waals surface area contributed by atoms with Crippen LogP contribution in [0.4, 0.5) is 0 Å². The van der Waals surface area contributed by atoms with E-state index >= 15 is 0 Å². The number of likely N-dealkylation sites (N-methyl/N-ethyl adjacent to an activating group) is 1. The van der Waals surface area contributed by atoms with Crippen LogP contribution >= 0.6 is 0 Å². The fourth-order valence-corrected chi connectivity index (χ4v) is 2.75. The highest BCUT2D eigenvalue weighted by Crippen LogP contribution is 2.26. The summed E-state index contributed by atoms with van der Waals surface area (Å²) in [6, 6.07) is 13.9. The smallest absolute Gasteiger partial charge is 0.244 e. The van der Waals surface area contributed by atoms with Crippen LogP contribution in [0.3, 0.4) is 0 Å². The van der Waals surface area contributed by atoms with Gasteiger partial charge in [0.15, 0.2) is 0 Å². The molecule has 0 amide bonds. The first kappa shape index (κ1) is 15.4. The normalized spacial score (nSPS) is 12.5. The van der Waals surface area contributed by atoms with Crippen LogP contribution in [-0.2, 0) is 0 Å². The molecule has 118 valence electrons. The van der Waals surface area contributed by atoms with E-state index in [1.165, 1.54) is 11.6 Å². The fourth-order valence-electron chi connectivity index (χ4n) is 2.75. The van der Waals surface area contributed by atoms with Gasteiger partial charge >= 0.3 is 0 Å². The van der Waals surface area contributed by atoms with Crippen LogP contribution in [0.2, 0.25) is 0 Å². The third-order valence-electron chi connectivity index (χ3n) is 4.02. The van der Waals surface area contributed by atoms with Gasteiger partial charge in [-0.1, -0.05) is 30.3 Å². The molecule has 2 aromatic carbocycles. The van der Waals surface area contributed by atoms with Crippen LogP contribution in [-0.4, -0.2) is 34.4 Å². The van der Waals surface area contributed by atoms with Gasteiger partial charge in [0, 0.05) is 12.3 Å². The van der Waals surface area contributed by atoms with Gasteiger partial charge in [0.05, 0.1) is 24.4 Å². The van der Waals surface area contributed by atoms with Crippen LogP contribution in [0.5, 0.6) is 0 Å². The van der Waals surface area contributed by atoms with Crippen molar-refractivity contribution >= 4 is 16.8 Å². The molecule has 1 atom stereocenters. The second-order valence-corrected chi connectivity index (χ2v) is 5.50. The van der Waals surface area contributed by atoms with Gasteiger partial charge < -0.3 is 10.4 Å². The number of aliphatic hydroxyl groups is 1. The van der Waals surface area contributed by atoms with Crippen LogP contribution in [0, 0.1) is 0 Å². The molecule has 1 unspecified atom stereocenters. The van der Waals surface area contributed by atoms with Crippen molar-refractivity contribution in [2.45, 2.75) is 13.0 Å². The zero-order valence-electron chi connectivity index (χ0n) is 13.2. The molecule has 0 aliphatic carbocycles. The maximum Gasteiger partial charge on any atom is 0.244 e. The van der Waals surface area contributed by atoms with Gasteiger partial charge in [-0.2, -0.15) is 5.10 Å². The number of rotatable bonds is 4. The van der Waals surface area contributed by atoms with Crippen LogP contribution < -0.4 is 5.32 Å². The molecule has 0 saturated heterocycles. The van der Waals surface area contributed by atoms with Gasteiger partial charge in [-0.25, -0.2) is 4.68 Å². The Morgan fingerprint density at radius 2 is 2.04 bits per heavy atom. The molecule has 3 aromatic rings. The van der Waals surface area contributed by atoms with E-state index in [1.54, 1.807) is 6.20 Å². The number of benzene rings is 2. The van der Waals surface area contributed by atoms with Crippen molar-refractivity contribution < 1.29 is 9.90 Å². The van der Waals surface area contributed by atoms with Gasteiger partial charge in [0.25, 0.3) is 0 Å². The van der Waals surface area contributed by atoms with E-state index < -0.39 is 0 Å². The van der Waals surface area contributed by atoms with Gasteiger partial charge in [0.2, 0.25) is 5.91 Å². The zero-order chi connectivity index (χ0) is 16.4. The molecule has 5 heteroatoms. The Morgan fingerprint density at radius 1 is 1.26 bits per heavy atom. The second kappa shape index (κ2) is 6.32. The second-order valence-electron chi connectivity index (χ2n) is 5.50. The molecule has 0 saturated carbocycles. The summed E-state index contributed by atoms with van der Waals surface area (Å²) in [5.41, 5.74) is 3.87. The minimum absolute atomic E-state index is 0.0378. The van der Waals surface area contributed by atoms with E-state index in [2.05, 4.69) is 10.4 Å². The van der Waals surface area contributed by atoms with Gasteiger partial charge in [-0.05, 0) is 35.9 Å². The Balaban J connectivity index is 2.08. The molecular formula is C18H19N3O2. The molecule has 0 radical (unpaired) electrons. The van der Waals surface area contributed by atoms with E-state index in [4.69, 9.17) is 0 Å². The van der Waals surface area contributed by atoms with E-state index in [9.17, 15) is 9.90 Å². The summed E-state index contributed by atoms with van der Waals surface area (Å²) in [7, 11) is 1.82. The Hall–Kier alpha value is -2.50. The molecule has 0 bridgehead atoms.